The molecule has 0 saturated carbocycles. The minimum atomic E-state index is -0.365. The molecule has 1 saturated heterocycles. The molecular weight excluding hydrogens is 258 g/mol. The van der Waals surface area contributed by atoms with Gasteiger partial charge in [-0.15, -0.1) is 0 Å². The molecule has 1 heterocycles. The van der Waals surface area contributed by atoms with Crippen LogP contribution in [0, 0.1) is 6.92 Å². The number of carbonyl (C=O) groups excluding carboxylic acids is 1. The van der Waals surface area contributed by atoms with Crippen molar-refractivity contribution in [1.29, 1.82) is 0 Å². The maximum absolute atomic E-state index is 12.5. The Hall–Kier alpha value is -2.24. The van der Waals surface area contributed by atoms with Crippen molar-refractivity contribution in [1.82, 2.24) is 4.90 Å². The Morgan fingerprint density at radius 3 is 2.85 bits per heavy atom. The van der Waals surface area contributed by atoms with Crippen molar-refractivity contribution in [2.75, 3.05) is 6.54 Å². The Morgan fingerprint density at radius 1 is 1.45 bits per heavy atom. The minimum Gasteiger partial charge on any atom is -0.508 e. The van der Waals surface area contributed by atoms with Crippen molar-refractivity contribution >= 4 is 11.7 Å². The molecule has 6 heteroatoms. The van der Waals surface area contributed by atoms with Gasteiger partial charge in [-0.05, 0) is 49.9 Å². The average Bonchev–Trinajstić information content (AvgIpc) is 2.48. The van der Waals surface area contributed by atoms with E-state index >= 15 is 0 Å². The molecule has 108 valence electrons. The number of phenolic OH excluding ortho intramolecular Hbond substituents is 1. The van der Waals surface area contributed by atoms with Crippen LogP contribution < -0.4 is 5.73 Å². The number of phenols is 1. The average molecular weight is 277 g/mol. The van der Waals surface area contributed by atoms with Crippen LogP contribution in [0.5, 0.6) is 5.75 Å². The van der Waals surface area contributed by atoms with E-state index < -0.39 is 0 Å². The summed E-state index contributed by atoms with van der Waals surface area (Å²) in [6, 6.07) is 4.37. The first-order chi connectivity index (χ1) is 9.54. The highest BCUT2D eigenvalue weighted by atomic mass is 16.4. The molecule has 6 nitrogen and oxygen atoms in total. The molecule has 1 aromatic rings. The lowest BCUT2D eigenvalue weighted by atomic mass is 9.99. The Bertz CT molecular complexity index is 542. The number of aromatic hydroxyl groups is 1. The van der Waals surface area contributed by atoms with Gasteiger partial charge in [0.05, 0.1) is 6.04 Å². The zero-order valence-corrected chi connectivity index (χ0v) is 11.4. The molecule has 0 aromatic heterocycles. The summed E-state index contributed by atoms with van der Waals surface area (Å²) < 4.78 is 0. The van der Waals surface area contributed by atoms with E-state index in [1.807, 2.05) is 0 Å². The van der Waals surface area contributed by atoms with Crippen LogP contribution in [-0.2, 0) is 0 Å². The molecule has 1 aliphatic heterocycles. The van der Waals surface area contributed by atoms with Gasteiger partial charge in [0.2, 0.25) is 0 Å². The van der Waals surface area contributed by atoms with E-state index in [-0.39, 0.29) is 23.5 Å². The number of aryl methyl sites for hydroxylation is 1. The molecule has 1 atom stereocenters. The lowest BCUT2D eigenvalue weighted by molar-refractivity contribution is 0.0676. The second-order valence-corrected chi connectivity index (χ2v) is 5.04. The van der Waals surface area contributed by atoms with Gasteiger partial charge in [-0.3, -0.25) is 4.79 Å². The number of hydrogen-bond acceptors (Lipinski definition) is 4. The van der Waals surface area contributed by atoms with Crippen LogP contribution in [0.4, 0.5) is 0 Å². The van der Waals surface area contributed by atoms with E-state index in [1.54, 1.807) is 24.0 Å². The van der Waals surface area contributed by atoms with Gasteiger partial charge in [-0.2, -0.15) is 0 Å². The SMILES string of the molecule is Cc1cc(C(=O)N2CCCCC2/C(N)=N/O)ccc1O. The second-order valence-electron chi connectivity index (χ2n) is 5.04. The molecule has 20 heavy (non-hydrogen) atoms. The lowest BCUT2D eigenvalue weighted by Gasteiger charge is -2.34. The van der Waals surface area contributed by atoms with E-state index in [2.05, 4.69) is 5.16 Å². The maximum atomic E-state index is 12.5. The maximum Gasteiger partial charge on any atom is 0.254 e. The number of piperidine rings is 1. The predicted molar refractivity (Wildman–Crippen MR) is 74.9 cm³/mol. The van der Waals surface area contributed by atoms with Crippen molar-refractivity contribution in [2.45, 2.75) is 32.2 Å². The topological polar surface area (TPSA) is 99.2 Å². The highest BCUT2D eigenvalue weighted by Crippen LogP contribution is 2.22. The van der Waals surface area contributed by atoms with Crippen molar-refractivity contribution in [3.8, 4) is 5.75 Å². The number of nitrogens with zero attached hydrogens (tertiary/aromatic N) is 2. The van der Waals surface area contributed by atoms with Crippen molar-refractivity contribution in [2.24, 2.45) is 10.9 Å². The van der Waals surface area contributed by atoms with Crippen LogP contribution in [0.25, 0.3) is 0 Å². The molecule has 1 unspecified atom stereocenters. The fourth-order valence-electron chi connectivity index (χ4n) is 2.50. The number of oxime groups is 1. The summed E-state index contributed by atoms with van der Waals surface area (Å²) in [5, 5.41) is 21.4. The molecule has 4 N–H and O–H groups in total. The fourth-order valence-corrected chi connectivity index (χ4v) is 2.50. The molecule has 0 spiro atoms. The molecule has 1 amide bonds. The van der Waals surface area contributed by atoms with E-state index in [4.69, 9.17) is 10.9 Å². The summed E-state index contributed by atoms with van der Waals surface area (Å²) in [4.78, 5) is 14.2. The zero-order chi connectivity index (χ0) is 14.7. The van der Waals surface area contributed by atoms with Gasteiger partial charge in [0.25, 0.3) is 5.91 Å². The number of hydrogen-bond donors (Lipinski definition) is 3. The third-order valence-corrected chi connectivity index (χ3v) is 3.66. The van der Waals surface area contributed by atoms with Gasteiger partial charge < -0.3 is 20.9 Å². The third kappa shape index (κ3) is 2.68. The first kappa shape index (κ1) is 14.2. The van der Waals surface area contributed by atoms with Crippen LogP contribution in [-0.4, -0.2) is 39.5 Å². The summed E-state index contributed by atoms with van der Waals surface area (Å²) in [5.41, 5.74) is 6.82. The van der Waals surface area contributed by atoms with Crippen molar-refractivity contribution < 1.29 is 15.1 Å². The van der Waals surface area contributed by atoms with E-state index in [0.717, 1.165) is 12.8 Å². The monoisotopic (exact) mass is 277 g/mol. The number of likely N-dealkylation sites (tertiary alicyclic amines) is 1. The summed E-state index contributed by atoms with van der Waals surface area (Å²) in [7, 11) is 0. The normalized spacial score (nSPS) is 19.9. The van der Waals surface area contributed by atoms with Crippen LogP contribution in [0.1, 0.15) is 35.2 Å². The van der Waals surface area contributed by atoms with Crippen LogP contribution in [0.2, 0.25) is 0 Å². The fraction of sp³-hybridized carbons (Fsp3) is 0.429. The molecular formula is C14H19N3O3. The number of amidine groups is 1. The quantitative estimate of drug-likeness (QED) is 0.329. The van der Waals surface area contributed by atoms with Gasteiger partial charge in [-0.1, -0.05) is 5.16 Å². The van der Waals surface area contributed by atoms with Gasteiger partial charge >= 0.3 is 0 Å². The highest BCUT2D eigenvalue weighted by molar-refractivity contribution is 5.98. The largest absolute Gasteiger partial charge is 0.508 e. The van der Waals surface area contributed by atoms with E-state index in [9.17, 15) is 9.90 Å². The summed E-state index contributed by atoms with van der Waals surface area (Å²) >= 11 is 0. The molecule has 1 aliphatic rings. The Morgan fingerprint density at radius 2 is 2.20 bits per heavy atom. The van der Waals surface area contributed by atoms with Gasteiger partial charge in [-0.25, -0.2) is 0 Å². The molecule has 2 rings (SSSR count). The van der Waals surface area contributed by atoms with Crippen LogP contribution in [0.15, 0.2) is 23.4 Å². The standard InChI is InChI=1S/C14H19N3O3/c1-9-8-10(5-6-12(9)18)14(19)17-7-3-2-4-11(17)13(15)16-20/h5-6,8,11,18,20H,2-4,7H2,1H3,(H2,15,16). The molecule has 1 fully saturated rings. The second kappa shape index (κ2) is 5.81. The molecule has 0 bridgehead atoms. The smallest absolute Gasteiger partial charge is 0.254 e. The summed E-state index contributed by atoms with van der Waals surface area (Å²) in [6.45, 7) is 2.32. The highest BCUT2D eigenvalue weighted by Gasteiger charge is 2.30. The lowest BCUT2D eigenvalue weighted by Crippen LogP contribution is -2.50. The number of carbonyl (C=O) groups is 1. The number of benzene rings is 1. The number of nitrogens with two attached hydrogens (primary N) is 1. The molecule has 0 aliphatic carbocycles. The van der Waals surface area contributed by atoms with Crippen molar-refractivity contribution in [3.05, 3.63) is 29.3 Å². The summed E-state index contributed by atoms with van der Waals surface area (Å²) in [5.74, 6) is 0.0612. The van der Waals surface area contributed by atoms with E-state index in [0.29, 0.717) is 24.1 Å². The third-order valence-electron chi connectivity index (χ3n) is 3.66. The number of rotatable bonds is 2. The van der Waals surface area contributed by atoms with Crippen LogP contribution >= 0.6 is 0 Å². The zero-order valence-electron chi connectivity index (χ0n) is 11.4. The minimum absolute atomic E-state index is 0.0635. The van der Waals surface area contributed by atoms with Gasteiger partial charge in [0.1, 0.15) is 5.75 Å². The number of amides is 1. The van der Waals surface area contributed by atoms with Crippen molar-refractivity contribution in [3.63, 3.8) is 0 Å². The predicted octanol–water partition coefficient (Wildman–Crippen LogP) is 1.44. The molecule has 0 radical (unpaired) electrons. The first-order valence-corrected chi connectivity index (χ1v) is 6.62. The van der Waals surface area contributed by atoms with E-state index in [1.165, 1.54) is 6.07 Å². The van der Waals surface area contributed by atoms with Gasteiger partial charge in [0.15, 0.2) is 5.84 Å². The Balaban J connectivity index is 2.27. The van der Waals surface area contributed by atoms with Crippen LogP contribution in [0.3, 0.4) is 0 Å². The Kier molecular flexibility index (Phi) is 4.12. The summed E-state index contributed by atoms with van der Waals surface area (Å²) in [6.07, 6.45) is 2.54. The Labute approximate surface area is 117 Å². The first-order valence-electron chi connectivity index (χ1n) is 6.62. The van der Waals surface area contributed by atoms with Gasteiger partial charge in [0, 0.05) is 12.1 Å². The molecule has 1 aromatic carbocycles.